The van der Waals surface area contributed by atoms with Gasteiger partial charge in [0, 0.05) is 17.3 Å². The van der Waals surface area contributed by atoms with Crippen LogP contribution < -0.4 is 5.32 Å². The first-order valence-corrected chi connectivity index (χ1v) is 7.92. The van der Waals surface area contributed by atoms with Crippen molar-refractivity contribution in [3.8, 4) is 0 Å². The van der Waals surface area contributed by atoms with Crippen LogP contribution in [0.25, 0.3) is 0 Å². The van der Waals surface area contributed by atoms with Crippen LogP contribution in [-0.4, -0.2) is 24.2 Å². The predicted molar refractivity (Wildman–Crippen MR) is 75.3 cm³/mol. The monoisotopic (exact) mass is 306 g/mol. The van der Waals surface area contributed by atoms with Gasteiger partial charge in [-0.25, -0.2) is 4.98 Å². The molecule has 0 fully saturated rings. The standard InChI is InChI=1S/C14H21F3N2S/c1-9(2)7-18-8-10-4-3-5-11-13(10)19-12(20-11)6-14(15,16)17/h9-10,18H,3-8H2,1-2H3. The quantitative estimate of drug-likeness (QED) is 0.892. The van der Waals surface area contributed by atoms with E-state index in [1.54, 1.807) is 0 Å². The Bertz CT molecular complexity index is 440. The molecule has 1 aromatic rings. The summed E-state index contributed by atoms with van der Waals surface area (Å²) in [6.07, 6.45) is -2.10. The SMILES string of the molecule is CC(C)CNCC1CCCc2sc(CC(F)(F)F)nc21. The predicted octanol–water partition coefficient (Wildman–Crippen LogP) is 3.91. The van der Waals surface area contributed by atoms with Gasteiger partial charge in [-0.2, -0.15) is 13.2 Å². The molecule has 6 heteroatoms. The zero-order chi connectivity index (χ0) is 14.8. The third kappa shape index (κ3) is 4.45. The molecule has 1 aliphatic rings. The molecular formula is C14H21F3N2S. The van der Waals surface area contributed by atoms with Crippen LogP contribution in [0.5, 0.6) is 0 Å². The molecule has 1 aliphatic carbocycles. The maximum absolute atomic E-state index is 12.4. The van der Waals surface area contributed by atoms with E-state index in [0.29, 0.717) is 5.92 Å². The first kappa shape index (κ1) is 15.8. The lowest BCUT2D eigenvalue weighted by molar-refractivity contribution is -0.127. The van der Waals surface area contributed by atoms with E-state index in [2.05, 4.69) is 24.1 Å². The molecule has 1 aromatic heterocycles. The molecule has 1 heterocycles. The Morgan fingerprint density at radius 3 is 2.80 bits per heavy atom. The fraction of sp³-hybridized carbons (Fsp3) is 0.786. The molecule has 0 aliphatic heterocycles. The fourth-order valence-electron chi connectivity index (χ4n) is 2.55. The lowest BCUT2D eigenvalue weighted by Gasteiger charge is -2.22. The average molecular weight is 306 g/mol. The summed E-state index contributed by atoms with van der Waals surface area (Å²) in [6.45, 7) is 6.04. The first-order chi connectivity index (χ1) is 9.35. The lowest BCUT2D eigenvalue weighted by Crippen LogP contribution is -2.27. The van der Waals surface area contributed by atoms with Crippen LogP contribution in [0.3, 0.4) is 0 Å². The van der Waals surface area contributed by atoms with Gasteiger partial charge >= 0.3 is 6.18 Å². The van der Waals surface area contributed by atoms with Crippen LogP contribution in [0, 0.1) is 5.92 Å². The number of nitrogens with one attached hydrogen (secondary N) is 1. The molecule has 0 aromatic carbocycles. The average Bonchev–Trinajstić information content (AvgIpc) is 2.69. The highest BCUT2D eigenvalue weighted by Gasteiger charge is 2.32. The molecule has 0 saturated carbocycles. The summed E-state index contributed by atoms with van der Waals surface area (Å²) in [4.78, 5) is 5.34. The van der Waals surface area contributed by atoms with E-state index < -0.39 is 12.6 Å². The van der Waals surface area contributed by atoms with Crippen LogP contribution >= 0.6 is 11.3 Å². The van der Waals surface area contributed by atoms with Crippen LogP contribution in [-0.2, 0) is 12.8 Å². The highest BCUT2D eigenvalue weighted by molar-refractivity contribution is 7.11. The number of hydrogen-bond donors (Lipinski definition) is 1. The highest BCUT2D eigenvalue weighted by atomic mass is 32.1. The summed E-state index contributed by atoms with van der Waals surface area (Å²) in [5.74, 6) is 0.852. The van der Waals surface area contributed by atoms with Crippen molar-refractivity contribution in [1.82, 2.24) is 10.3 Å². The van der Waals surface area contributed by atoms with E-state index in [1.165, 1.54) is 11.3 Å². The van der Waals surface area contributed by atoms with Crippen molar-refractivity contribution in [3.63, 3.8) is 0 Å². The largest absolute Gasteiger partial charge is 0.395 e. The Labute approximate surface area is 121 Å². The molecule has 2 rings (SSSR count). The number of hydrogen-bond acceptors (Lipinski definition) is 3. The maximum atomic E-state index is 12.4. The highest BCUT2D eigenvalue weighted by Crippen LogP contribution is 2.36. The van der Waals surface area contributed by atoms with E-state index >= 15 is 0 Å². The van der Waals surface area contributed by atoms with E-state index in [0.717, 1.165) is 42.9 Å². The number of halogens is 3. The Kier molecular flexibility index (Phi) is 5.07. The van der Waals surface area contributed by atoms with Crippen molar-refractivity contribution in [3.05, 3.63) is 15.6 Å². The van der Waals surface area contributed by atoms with E-state index in [1.807, 2.05) is 0 Å². The first-order valence-electron chi connectivity index (χ1n) is 7.11. The maximum Gasteiger partial charge on any atom is 0.395 e. The minimum absolute atomic E-state index is 0.221. The molecule has 0 saturated heterocycles. The molecule has 1 atom stereocenters. The number of thiazole rings is 1. The van der Waals surface area contributed by atoms with Crippen LogP contribution in [0.15, 0.2) is 0 Å². The molecule has 20 heavy (non-hydrogen) atoms. The van der Waals surface area contributed by atoms with Crippen LogP contribution in [0.1, 0.15) is 48.2 Å². The van der Waals surface area contributed by atoms with Crippen molar-refractivity contribution in [2.24, 2.45) is 5.92 Å². The summed E-state index contributed by atoms with van der Waals surface area (Å²) in [6, 6.07) is 0. The third-order valence-corrected chi connectivity index (χ3v) is 4.54. The second kappa shape index (κ2) is 6.43. The van der Waals surface area contributed by atoms with Crippen LogP contribution in [0.2, 0.25) is 0 Å². The second-order valence-electron chi connectivity index (χ2n) is 5.85. The van der Waals surface area contributed by atoms with Gasteiger partial charge in [-0.05, 0) is 31.7 Å². The Morgan fingerprint density at radius 2 is 2.15 bits per heavy atom. The number of rotatable bonds is 5. The summed E-state index contributed by atoms with van der Waals surface area (Å²) in [7, 11) is 0. The molecule has 114 valence electrons. The zero-order valence-corrected chi connectivity index (χ0v) is 12.7. The number of aryl methyl sites for hydroxylation is 1. The Hall–Kier alpha value is -0.620. The number of alkyl halides is 3. The van der Waals surface area contributed by atoms with Crippen molar-refractivity contribution in [2.45, 2.75) is 51.6 Å². The van der Waals surface area contributed by atoms with Gasteiger partial charge in [0.25, 0.3) is 0 Å². The summed E-state index contributed by atoms with van der Waals surface area (Å²) in [5.41, 5.74) is 0.914. The van der Waals surface area contributed by atoms with Gasteiger partial charge in [-0.3, -0.25) is 0 Å². The van der Waals surface area contributed by atoms with Gasteiger partial charge in [0.15, 0.2) is 0 Å². The Morgan fingerprint density at radius 1 is 1.40 bits per heavy atom. The molecular weight excluding hydrogens is 285 g/mol. The number of aromatic nitrogens is 1. The van der Waals surface area contributed by atoms with E-state index in [4.69, 9.17) is 0 Å². The Balaban J connectivity index is 2.02. The van der Waals surface area contributed by atoms with Crippen LogP contribution in [0.4, 0.5) is 13.2 Å². The van der Waals surface area contributed by atoms with Crippen molar-refractivity contribution in [2.75, 3.05) is 13.1 Å². The smallest absolute Gasteiger partial charge is 0.316 e. The molecule has 2 nitrogen and oxygen atoms in total. The molecule has 1 unspecified atom stereocenters. The topological polar surface area (TPSA) is 24.9 Å². The minimum atomic E-state index is -4.16. The normalized spacial score (nSPS) is 19.4. The van der Waals surface area contributed by atoms with Crippen molar-refractivity contribution < 1.29 is 13.2 Å². The summed E-state index contributed by atoms with van der Waals surface area (Å²) in [5, 5.41) is 3.62. The fourth-order valence-corrected chi connectivity index (χ4v) is 3.78. The molecule has 0 spiro atoms. The van der Waals surface area contributed by atoms with Gasteiger partial charge in [-0.1, -0.05) is 13.8 Å². The van der Waals surface area contributed by atoms with Gasteiger partial charge in [-0.15, -0.1) is 11.3 Å². The number of nitrogens with zero attached hydrogens (tertiary/aromatic N) is 1. The summed E-state index contributed by atoms with van der Waals surface area (Å²) < 4.78 is 37.3. The lowest BCUT2D eigenvalue weighted by atomic mass is 9.91. The summed E-state index contributed by atoms with van der Waals surface area (Å²) >= 11 is 1.25. The molecule has 0 amide bonds. The second-order valence-corrected chi connectivity index (χ2v) is 7.02. The van der Waals surface area contributed by atoms with Gasteiger partial charge in [0.1, 0.15) is 5.01 Å². The minimum Gasteiger partial charge on any atom is -0.316 e. The van der Waals surface area contributed by atoms with Gasteiger partial charge in [0.2, 0.25) is 0 Å². The van der Waals surface area contributed by atoms with E-state index in [9.17, 15) is 13.2 Å². The molecule has 1 N–H and O–H groups in total. The van der Waals surface area contributed by atoms with Crippen molar-refractivity contribution in [1.29, 1.82) is 0 Å². The molecule has 0 radical (unpaired) electrons. The van der Waals surface area contributed by atoms with E-state index in [-0.39, 0.29) is 10.9 Å². The number of fused-ring (bicyclic) bond motifs is 1. The third-order valence-electron chi connectivity index (χ3n) is 3.41. The zero-order valence-electron chi connectivity index (χ0n) is 11.9. The van der Waals surface area contributed by atoms with Gasteiger partial charge in [0.05, 0.1) is 12.1 Å². The van der Waals surface area contributed by atoms with Gasteiger partial charge < -0.3 is 5.32 Å². The van der Waals surface area contributed by atoms with Crippen molar-refractivity contribution >= 4 is 11.3 Å². The molecule has 0 bridgehead atoms.